The molecule has 0 radical (unpaired) electrons. The van der Waals surface area contributed by atoms with Crippen LogP contribution in [0.4, 0.5) is 5.69 Å². The Labute approximate surface area is 114 Å². The van der Waals surface area contributed by atoms with Crippen LogP contribution in [0.3, 0.4) is 0 Å². The van der Waals surface area contributed by atoms with Crippen LogP contribution in [0.25, 0.3) is 0 Å². The predicted molar refractivity (Wildman–Crippen MR) is 77.1 cm³/mol. The third-order valence-corrected chi connectivity index (χ3v) is 7.01. The van der Waals surface area contributed by atoms with E-state index in [1.54, 1.807) is 30.3 Å². The van der Waals surface area contributed by atoms with Gasteiger partial charge in [-0.25, -0.2) is 16.8 Å². The first-order chi connectivity index (χ1) is 8.83. The Morgan fingerprint density at radius 3 is 1.89 bits per heavy atom. The molecule has 0 fully saturated rings. The minimum absolute atomic E-state index is 0.255. The van der Waals surface area contributed by atoms with Crippen LogP contribution in [0.5, 0.6) is 0 Å². The van der Waals surface area contributed by atoms with Gasteiger partial charge >= 0.3 is 0 Å². The molecule has 5 nitrogen and oxygen atoms in total. The van der Waals surface area contributed by atoms with Gasteiger partial charge < -0.3 is 5.32 Å². The van der Waals surface area contributed by atoms with Crippen molar-refractivity contribution in [1.82, 2.24) is 0 Å². The second-order valence-corrected chi connectivity index (χ2v) is 8.53. The zero-order valence-electron chi connectivity index (χ0n) is 10.8. The monoisotopic (exact) mass is 303 g/mol. The number of anilines is 1. The second-order valence-electron chi connectivity index (χ2n) is 3.78. The summed E-state index contributed by atoms with van der Waals surface area (Å²) in [6.07, 6.45) is 1.05. The highest BCUT2D eigenvalue weighted by Gasteiger charge is 2.27. The fraction of sp³-hybridized carbons (Fsp3) is 0.333. The normalized spacial score (nSPS) is 11.9. The van der Waals surface area contributed by atoms with Crippen LogP contribution < -0.4 is 5.32 Å². The molecular weight excluding hydrogens is 286 g/mol. The van der Waals surface area contributed by atoms with Crippen molar-refractivity contribution in [3.05, 3.63) is 40.8 Å². The molecule has 19 heavy (non-hydrogen) atoms. The largest absolute Gasteiger partial charge is 0.360 e. The zero-order chi connectivity index (χ0) is 14.5. The summed E-state index contributed by atoms with van der Waals surface area (Å²) in [5.74, 6) is -0.511. The average molecular weight is 303 g/mol. The molecule has 0 spiro atoms. The number of hydrogen-bond acceptors (Lipinski definition) is 5. The van der Waals surface area contributed by atoms with E-state index in [2.05, 4.69) is 5.32 Å². The van der Waals surface area contributed by atoms with E-state index < -0.39 is 23.9 Å². The zero-order valence-corrected chi connectivity index (χ0v) is 12.5. The molecule has 0 atom stereocenters. The first-order valence-electron chi connectivity index (χ1n) is 5.80. The SMILES string of the molecule is CCS(=O)(=O)C(=CNc1ccccc1)S(=O)(=O)CC. The molecule has 0 aromatic heterocycles. The summed E-state index contributed by atoms with van der Waals surface area (Å²) in [4.78, 5) is 0. The molecule has 0 heterocycles. The van der Waals surface area contributed by atoms with Crippen LogP contribution in [-0.2, 0) is 19.7 Å². The van der Waals surface area contributed by atoms with E-state index in [1.165, 1.54) is 13.8 Å². The number of para-hydroxylation sites is 1. The molecule has 1 aromatic carbocycles. The van der Waals surface area contributed by atoms with Crippen LogP contribution >= 0.6 is 0 Å². The molecule has 0 aliphatic carbocycles. The van der Waals surface area contributed by atoms with Crippen molar-refractivity contribution < 1.29 is 16.8 Å². The maximum Gasteiger partial charge on any atom is 0.190 e. The van der Waals surface area contributed by atoms with E-state index in [4.69, 9.17) is 0 Å². The maximum atomic E-state index is 11.8. The van der Waals surface area contributed by atoms with Crippen molar-refractivity contribution in [3.8, 4) is 0 Å². The van der Waals surface area contributed by atoms with E-state index in [0.717, 1.165) is 6.20 Å². The van der Waals surface area contributed by atoms with Gasteiger partial charge in [-0.15, -0.1) is 0 Å². The summed E-state index contributed by atoms with van der Waals surface area (Å²) < 4.78 is 46.8. The Bertz CT molecular complexity index is 610. The molecule has 1 N–H and O–H groups in total. The van der Waals surface area contributed by atoms with Gasteiger partial charge in [-0.2, -0.15) is 0 Å². The summed E-state index contributed by atoms with van der Waals surface area (Å²) in [7, 11) is -7.58. The van der Waals surface area contributed by atoms with E-state index >= 15 is 0 Å². The second kappa shape index (κ2) is 6.21. The maximum absolute atomic E-state index is 11.8. The van der Waals surface area contributed by atoms with Gasteiger partial charge in [0, 0.05) is 11.9 Å². The highest BCUT2D eigenvalue weighted by atomic mass is 32.3. The molecule has 0 saturated heterocycles. The Balaban J connectivity index is 3.20. The summed E-state index contributed by atoms with van der Waals surface area (Å²) in [6, 6.07) is 8.76. The Kier molecular flexibility index (Phi) is 5.13. The van der Waals surface area contributed by atoms with Crippen LogP contribution in [0.15, 0.2) is 40.8 Å². The van der Waals surface area contributed by atoms with Gasteiger partial charge in [-0.05, 0) is 12.1 Å². The van der Waals surface area contributed by atoms with Crippen molar-refractivity contribution in [2.45, 2.75) is 13.8 Å². The highest BCUT2D eigenvalue weighted by Crippen LogP contribution is 2.17. The van der Waals surface area contributed by atoms with Crippen LogP contribution in [0.2, 0.25) is 0 Å². The average Bonchev–Trinajstić information content (AvgIpc) is 2.39. The predicted octanol–water partition coefficient (Wildman–Crippen LogP) is 1.77. The number of benzene rings is 1. The van der Waals surface area contributed by atoms with Crippen molar-refractivity contribution in [3.63, 3.8) is 0 Å². The van der Waals surface area contributed by atoms with Crippen LogP contribution in [0, 0.1) is 0 Å². The lowest BCUT2D eigenvalue weighted by atomic mass is 10.3. The van der Waals surface area contributed by atoms with E-state index in [0.29, 0.717) is 5.69 Å². The lowest BCUT2D eigenvalue weighted by Crippen LogP contribution is -2.18. The number of rotatable bonds is 6. The number of hydrogen-bond donors (Lipinski definition) is 1. The molecule has 106 valence electrons. The molecule has 1 rings (SSSR count). The topological polar surface area (TPSA) is 80.3 Å². The summed E-state index contributed by atoms with van der Waals surface area (Å²) in [5, 5.41) is 2.71. The number of sulfone groups is 2. The van der Waals surface area contributed by atoms with Gasteiger partial charge in [0.2, 0.25) is 0 Å². The highest BCUT2D eigenvalue weighted by molar-refractivity contribution is 8.14. The van der Waals surface area contributed by atoms with Gasteiger partial charge in [0.15, 0.2) is 23.9 Å². The lowest BCUT2D eigenvalue weighted by molar-refractivity contribution is 0.596. The fourth-order valence-corrected chi connectivity index (χ4v) is 4.63. The van der Waals surface area contributed by atoms with E-state index in [1.807, 2.05) is 0 Å². The molecule has 0 aliphatic rings. The van der Waals surface area contributed by atoms with Gasteiger partial charge in [0.25, 0.3) is 0 Å². The van der Waals surface area contributed by atoms with Gasteiger partial charge in [-0.3, -0.25) is 0 Å². The molecular formula is C12H17NO4S2. The third-order valence-electron chi connectivity index (χ3n) is 2.50. The Morgan fingerprint density at radius 1 is 1.00 bits per heavy atom. The molecule has 0 saturated carbocycles. The minimum Gasteiger partial charge on any atom is -0.360 e. The van der Waals surface area contributed by atoms with Gasteiger partial charge in [0.05, 0.1) is 11.5 Å². The molecule has 0 amide bonds. The molecule has 0 bridgehead atoms. The Hall–Kier alpha value is -1.34. The van der Waals surface area contributed by atoms with Crippen molar-refractivity contribution in [2.24, 2.45) is 0 Å². The van der Waals surface area contributed by atoms with E-state index in [9.17, 15) is 16.8 Å². The van der Waals surface area contributed by atoms with Crippen LogP contribution in [-0.4, -0.2) is 28.3 Å². The first kappa shape index (κ1) is 15.7. The van der Waals surface area contributed by atoms with Crippen molar-refractivity contribution in [2.75, 3.05) is 16.8 Å². The van der Waals surface area contributed by atoms with Crippen molar-refractivity contribution in [1.29, 1.82) is 0 Å². The van der Waals surface area contributed by atoms with E-state index in [-0.39, 0.29) is 11.5 Å². The molecule has 7 heteroatoms. The summed E-state index contributed by atoms with van der Waals surface area (Å²) in [6.45, 7) is 2.83. The first-order valence-corrected chi connectivity index (χ1v) is 9.11. The van der Waals surface area contributed by atoms with Gasteiger partial charge in [0.1, 0.15) is 0 Å². The van der Waals surface area contributed by atoms with Crippen LogP contribution in [0.1, 0.15) is 13.8 Å². The lowest BCUT2D eigenvalue weighted by Gasteiger charge is -2.08. The summed E-state index contributed by atoms with van der Waals surface area (Å²) in [5.41, 5.74) is 0.623. The molecule has 1 aromatic rings. The van der Waals surface area contributed by atoms with Crippen molar-refractivity contribution >= 4 is 25.4 Å². The minimum atomic E-state index is -3.79. The fourth-order valence-electron chi connectivity index (χ4n) is 1.33. The third kappa shape index (κ3) is 4.07. The summed E-state index contributed by atoms with van der Waals surface area (Å²) >= 11 is 0. The Morgan fingerprint density at radius 2 is 1.47 bits per heavy atom. The number of nitrogens with one attached hydrogen (secondary N) is 1. The smallest absolute Gasteiger partial charge is 0.190 e. The molecule has 0 aliphatic heterocycles. The standard InChI is InChI=1S/C12H17NO4S2/c1-3-18(14,15)12(19(16,17)4-2)10-13-11-8-6-5-7-9-11/h5-10,13H,3-4H2,1-2H3. The van der Waals surface area contributed by atoms with Gasteiger partial charge in [-0.1, -0.05) is 32.0 Å². The quantitative estimate of drug-likeness (QED) is 0.866. The molecule has 0 unspecified atom stereocenters.